The number of aliphatic imine (C=N–C) groups is 1. The highest BCUT2D eigenvalue weighted by Gasteiger charge is 2.34. The van der Waals surface area contributed by atoms with Crippen molar-refractivity contribution >= 4 is 29.9 Å². The molecule has 0 amide bonds. The number of methoxy groups -OCH3 is 1. The molecule has 0 saturated carbocycles. The Kier molecular flexibility index (Phi) is 12.7. The first-order valence-corrected chi connectivity index (χ1v) is 10.1. The fourth-order valence-corrected chi connectivity index (χ4v) is 3.58. The summed E-state index contributed by atoms with van der Waals surface area (Å²) in [6.07, 6.45) is 2.75. The van der Waals surface area contributed by atoms with Crippen molar-refractivity contribution in [2.45, 2.75) is 24.7 Å². The molecule has 0 bridgehead atoms. The molecule has 1 fully saturated rings. The first-order chi connectivity index (χ1) is 13.6. The van der Waals surface area contributed by atoms with Crippen molar-refractivity contribution < 1.29 is 13.9 Å². The van der Waals surface area contributed by atoms with E-state index in [1.165, 1.54) is 6.07 Å². The monoisotopic (exact) mass is 522 g/mol. The number of hydrogen-bond acceptors (Lipinski definition) is 4. The molecule has 1 aliphatic rings. The Morgan fingerprint density at radius 1 is 1.28 bits per heavy atom. The van der Waals surface area contributed by atoms with Crippen molar-refractivity contribution in [2.24, 2.45) is 4.99 Å². The van der Waals surface area contributed by atoms with Gasteiger partial charge in [-0.25, -0.2) is 4.39 Å². The van der Waals surface area contributed by atoms with Crippen molar-refractivity contribution in [3.63, 3.8) is 0 Å². The molecule has 1 saturated heterocycles. The average molecular weight is 522 g/mol. The minimum absolute atomic E-state index is 0. The molecule has 8 heteroatoms. The summed E-state index contributed by atoms with van der Waals surface area (Å²) in [5.74, 6) is 0.579. The molecule has 1 heterocycles. The minimum atomic E-state index is -0.192. The molecule has 2 rings (SSSR count). The van der Waals surface area contributed by atoms with Crippen LogP contribution in [0.5, 0.6) is 0 Å². The Morgan fingerprint density at radius 3 is 2.69 bits per heavy atom. The van der Waals surface area contributed by atoms with Crippen LogP contribution in [0.3, 0.4) is 0 Å². The van der Waals surface area contributed by atoms with Gasteiger partial charge >= 0.3 is 0 Å². The smallest absolute Gasteiger partial charge is 0.191 e. The third-order valence-electron chi connectivity index (χ3n) is 5.38. The zero-order valence-electron chi connectivity index (χ0n) is 17.9. The average Bonchev–Trinajstić information content (AvgIpc) is 2.71. The number of rotatable bonds is 10. The molecule has 6 nitrogen and oxygen atoms in total. The van der Waals surface area contributed by atoms with Crippen LogP contribution in [-0.4, -0.2) is 78.1 Å². The molecule has 0 spiro atoms. The Labute approximate surface area is 191 Å². The summed E-state index contributed by atoms with van der Waals surface area (Å²) in [4.78, 5) is 6.61. The number of likely N-dealkylation sites (N-methyl/N-ethyl adjacent to an activating group) is 1. The second-order valence-corrected chi connectivity index (χ2v) is 7.41. The van der Waals surface area contributed by atoms with Gasteiger partial charge in [-0.1, -0.05) is 12.1 Å². The topological polar surface area (TPSA) is 58.1 Å². The lowest BCUT2D eigenvalue weighted by molar-refractivity contribution is 0.0513. The Hall–Kier alpha value is -0.970. The van der Waals surface area contributed by atoms with Gasteiger partial charge in [0.05, 0.1) is 0 Å². The van der Waals surface area contributed by atoms with E-state index in [-0.39, 0.29) is 35.2 Å². The van der Waals surface area contributed by atoms with Gasteiger partial charge in [0.2, 0.25) is 0 Å². The molecule has 0 aromatic heterocycles. The van der Waals surface area contributed by atoms with Gasteiger partial charge < -0.3 is 25.0 Å². The van der Waals surface area contributed by atoms with Gasteiger partial charge in [0.25, 0.3) is 0 Å². The molecule has 0 atom stereocenters. The van der Waals surface area contributed by atoms with E-state index in [0.717, 1.165) is 57.0 Å². The van der Waals surface area contributed by atoms with E-state index in [4.69, 9.17) is 9.47 Å². The quantitative estimate of drug-likeness (QED) is 0.214. The van der Waals surface area contributed by atoms with Crippen LogP contribution in [0.1, 0.15) is 24.8 Å². The summed E-state index contributed by atoms with van der Waals surface area (Å²) in [6, 6.07) is 6.95. The minimum Gasteiger partial charge on any atom is -0.385 e. The molecule has 1 aliphatic heterocycles. The first-order valence-electron chi connectivity index (χ1n) is 10.1. The zero-order valence-corrected chi connectivity index (χ0v) is 20.2. The first kappa shape index (κ1) is 26.1. The molecule has 29 heavy (non-hydrogen) atoms. The van der Waals surface area contributed by atoms with Crippen LogP contribution in [-0.2, 0) is 14.9 Å². The maximum absolute atomic E-state index is 13.8. The van der Waals surface area contributed by atoms with E-state index in [2.05, 4.69) is 27.6 Å². The summed E-state index contributed by atoms with van der Waals surface area (Å²) < 4.78 is 24.5. The molecular formula is C21H36FIN4O2. The van der Waals surface area contributed by atoms with E-state index >= 15 is 0 Å². The van der Waals surface area contributed by atoms with Crippen molar-refractivity contribution in [1.29, 1.82) is 0 Å². The summed E-state index contributed by atoms with van der Waals surface area (Å²) in [7, 11) is 5.61. The van der Waals surface area contributed by atoms with Gasteiger partial charge in [0, 0.05) is 65.6 Å². The van der Waals surface area contributed by atoms with Gasteiger partial charge in [0.1, 0.15) is 5.82 Å². The molecule has 1 aromatic rings. The maximum atomic E-state index is 13.8. The summed E-state index contributed by atoms with van der Waals surface area (Å²) in [5.41, 5.74) is 0.881. The van der Waals surface area contributed by atoms with Crippen LogP contribution in [0.15, 0.2) is 29.3 Å². The van der Waals surface area contributed by atoms with Gasteiger partial charge in [-0.2, -0.15) is 0 Å². The van der Waals surface area contributed by atoms with Crippen molar-refractivity contribution in [3.8, 4) is 0 Å². The molecular weight excluding hydrogens is 486 g/mol. The third-order valence-corrected chi connectivity index (χ3v) is 5.38. The van der Waals surface area contributed by atoms with Crippen LogP contribution in [0.2, 0.25) is 0 Å². The number of nitrogens with zero attached hydrogens (tertiary/aromatic N) is 2. The van der Waals surface area contributed by atoms with E-state index in [1.807, 2.05) is 6.07 Å². The molecule has 1 aromatic carbocycles. The van der Waals surface area contributed by atoms with Crippen molar-refractivity contribution in [2.75, 3.05) is 67.2 Å². The molecule has 0 unspecified atom stereocenters. The van der Waals surface area contributed by atoms with Gasteiger partial charge in [-0.3, -0.25) is 4.99 Å². The Morgan fingerprint density at radius 2 is 2.03 bits per heavy atom. The highest BCUT2D eigenvalue weighted by molar-refractivity contribution is 14.0. The molecule has 0 radical (unpaired) electrons. The van der Waals surface area contributed by atoms with E-state index in [0.29, 0.717) is 19.8 Å². The fourth-order valence-electron chi connectivity index (χ4n) is 3.58. The predicted molar refractivity (Wildman–Crippen MR) is 127 cm³/mol. The van der Waals surface area contributed by atoms with Crippen LogP contribution in [0.4, 0.5) is 4.39 Å². The number of guanidine groups is 1. The number of benzene rings is 1. The maximum Gasteiger partial charge on any atom is 0.191 e. The lowest BCUT2D eigenvalue weighted by atomic mass is 9.74. The second kappa shape index (κ2) is 14.1. The summed E-state index contributed by atoms with van der Waals surface area (Å²) in [6.45, 7) is 5.60. The van der Waals surface area contributed by atoms with Gasteiger partial charge in [-0.05, 0) is 44.0 Å². The fraction of sp³-hybridized carbons (Fsp3) is 0.667. The van der Waals surface area contributed by atoms with Crippen LogP contribution < -0.4 is 10.6 Å². The highest BCUT2D eigenvalue weighted by atomic mass is 127. The number of halogens is 2. The van der Waals surface area contributed by atoms with Crippen molar-refractivity contribution in [1.82, 2.24) is 15.5 Å². The van der Waals surface area contributed by atoms with Gasteiger partial charge in [0.15, 0.2) is 5.96 Å². The van der Waals surface area contributed by atoms with E-state index < -0.39 is 0 Å². The zero-order chi connectivity index (χ0) is 20.2. The van der Waals surface area contributed by atoms with Crippen LogP contribution in [0, 0.1) is 5.82 Å². The molecule has 166 valence electrons. The number of hydrogen-bond donors (Lipinski definition) is 2. The lowest BCUT2D eigenvalue weighted by Crippen LogP contribution is -2.49. The Balaban J connectivity index is 0.00000420. The molecule has 2 N–H and O–H groups in total. The van der Waals surface area contributed by atoms with E-state index in [9.17, 15) is 4.39 Å². The van der Waals surface area contributed by atoms with Crippen LogP contribution >= 0.6 is 24.0 Å². The highest BCUT2D eigenvalue weighted by Crippen LogP contribution is 2.34. The standard InChI is InChI=1S/C21H35FN4O2.HI/c1-23-20(24-10-12-26(2)11-5-13-27-3)25-17-21(8-14-28-15-9-21)18-6-4-7-19(22)16-18;/h4,6-7,16H,5,8-15,17H2,1-3H3,(H2,23,24,25);1H. The SMILES string of the molecule is CN=C(NCCN(C)CCCOC)NCC1(c2cccc(F)c2)CCOCC1.I. The van der Waals surface area contributed by atoms with E-state index in [1.54, 1.807) is 26.3 Å². The Bertz CT molecular complexity index is 612. The third kappa shape index (κ3) is 8.74. The molecule has 0 aliphatic carbocycles. The predicted octanol–water partition coefficient (Wildman–Crippen LogP) is 2.63. The lowest BCUT2D eigenvalue weighted by Gasteiger charge is -2.38. The summed E-state index contributed by atoms with van der Waals surface area (Å²) >= 11 is 0. The number of nitrogens with one attached hydrogen (secondary N) is 2. The normalized spacial score (nSPS) is 16.4. The van der Waals surface area contributed by atoms with Gasteiger partial charge in [-0.15, -0.1) is 24.0 Å². The van der Waals surface area contributed by atoms with Crippen LogP contribution in [0.25, 0.3) is 0 Å². The number of ether oxygens (including phenoxy) is 2. The second-order valence-electron chi connectivity index (χ2n) is 7.41. The largest absolute Gasteiger partial charge is 0.385 e. The van der Waals surface area contributed by atoms with Crippen molar-refractivity contribution in [3.05, 3.63) is 35.6 Å². The summed E-state index contributed by atoms with van der Waals surface area (Å²) in [5, 5.41) is 6.82.